The molecule has 4 aromatic heterocycles. The van der Waals surface area contributed by atoms with Crippen LogP contribution in [-0.4, -0.2) is 49.3 Å². The van der Waals surface area contributed by atoms with E-state index in [-0.39, 0.29) is 6.09 Å². The largest absolute Gasteiger partial charge is 0.444 e. The maximum Gasteiger partial charge on any atom is 0.410 e. The second-order valence-electron chi connectivity index (χ2n) is 8.75. The van der Waals surface area contributed by atoms with Crippen LogP contribution in [-0.2, 0) is 4.74 Å². The van der Waals surface area contributed by atoms with Crippen LogP contribution in [0.2, 0.25) is 0 Å². The molecule has 1 aliphatic rings. The van der Waals surface area contributed by atoms with Gasteiger partial charge in [0.2, 0.25) is 0 Å². The van der Waals surface area contributed by atoms with Gasteiger partial charge in [0.1, 0.15) is 21.1 Å². The molecule has 0 saturated heterocycles. The van der Waals surface area contributed by atoms with E-state index in [9.17, 15) is 4.79 Å². The molecular weight excluding hydrogens is 430 g/mol. The predicted molar refractivity (Wildman–Crippen MR) is 125 cm³/mol. The van der Waals surface area contributed by atoms with Crippen LogP contribution in [0.5, 0.6) is 0 Å². The number of ether oxygens (including phenoxy) is 1. The Morgan fingerprint density at radius 1 is 1.16 bits per heavy atom. The molecule has 1 aliphatic heterocycles. The van der Waals surface area contributed by atoms with Gasteiger partial charge in [-0.15, -0.1) is 22.7 Å². The first kappa shape index (κ1) is 20.1. The van der Waals surface area contributed by atoms with Crippen LogP contribution in [0.4, 0.5) is 4.79 Å². The van der Waals surface area contributed by atoms with Crippen molar-refractivity contribution in [3.8, 4) is 10.7 Å². The molecule has 0 aromatic carbocycles. The lowest BCUT2D eigenvalue weighted by molar-refractivity contribution is 0.0306. The first-order valence-electron chi connectivity index (χ1n) is 10.1. The van der Waals surface area contributed by atoms with Gasteiger partial charge in [-0.05, 0) is 57.9 Å². The molecule has 0 fully saturated rings. The summed E-state index contributed by atoms with van der Waals surface area (Å²) in [4.78, 5) is 25.6. The minimum absolute atomic E-state index is 0.274. The van der Waals surface area contributed by atoms with E-state index < -0.39 is 5.60 Å². The van der Waals surface area contributed by atoms with Crippen molar-refractivity contribution in [3.63, 3.8) is 0 Å². The summed E-state index contributed by atoms with van der Waals surface area (Å²) in [6.45, 7) is 10.8. The van der Waals surface area contributed by atoms with E-state index in [4.69, 9.17) is 14.8 Å². The van der Waals surface area contributed by atoms with Crippen LogP contribution >= 0.6 is 22.7 Å². The lowest BCUT2D eigenvalue weighted by atomic mass is 10.2. The van der Waals surface area contributed by atoms with Crippen LogP contribution in [0.3, 0.4) is 0 Å². The van der Waals surface area contributed by atoms with Gasteiger partial charge in [-0.1, -0.05) is 6.08 Å². The molecule has 0 unspecified atom stereocenters. The maximum atomic E-state index is 12.3. The molecule has 0 N–H and O–H groups in total. The minimum Gasteiger partial charge on any atom is -0.444 e. The number of rotatable bonds is 2. The molecule has 7 nitrogen and oxygen atoms in total. The third-order valence-electron chi connectivity index (χ3n) is 4.93. The van der Waals surface area contributed by atoms with Gasteiger partial charge in [-0.2, -0.15) is 5.10 Å². The minimum atomic E-state index is -0.490. The number of nitrogens with zero attached hydrogens (tertiary/aromatic N) is 5. The zero-order valence-corrected chi connectivity index (χ0v) is 19.7. The Hall–Kier alpha value is -2.78. The molecular formula is C22H23N5O2S2. The topological polar surface area (TPSA) is 72.6 Å². The summed E-state index contributed by atoms with van der Waals surface area (Å²) in [6, 6.07) is 4.21. The number of imidazole rings is 1. The van der Waals surface area contributed by atoms with Crippen molar-refractivity contribution < 1.29 is 9.53 Å². The molecule has 31 heavy (non-hydrogen) atoms. The van der Waals surface area contributed by atoms with E-state index in [2.05, 4.69) is 17.1 Å². The summed E-state index contributed by atoms with van der Waals surface area (Å²) >= 11 is 3.29. The lowest BCUT2D eigenvalue weighted by Crippen LogP contribution is -2.35. The summed E-state index contributed by atoms with van der Waals surface area (Å²) < 4.78 is 8.45. The second kappa shape index (κ2) is 7.13. The van der Waals surface area contributed by atoms with E-state index in [1.165, 1.54) is 0 Å². The van der Waals surface area contributed by atoms with Crippen LogP contribution < -0.4 is 0 Å². The van der Waals surface area contributed by atoms with Gasteiger partial charge in [0.15, 0.2) is 5.65 Å². The van der Waals surface area contributed by atoms with Crippen LogP contribution in [0.1, 0.15) is 36.9 Å². The van der Waals surface area contributed by atoms with Crippen molar-refractivity contribution in [3.05, 3.63) is 40.5 Å². The van der Waals surface area contributed by atoms with Crippen molar-refractivity contribution in [2.75, 3.05) is 13.1 Å². The van der Waals surface area contributed by atoms with Gasteiger partial charge in [-0.3, -0.25) is 0 Å². The highest BCUT2D eigenvalue weighted by Crippen LogP contribution is 2.38. The zero-order chi connectivity index (χ0) is 21.9. The molecule has 160 valence electrons. The lowest BCUT2D eigenvalue weighted by Gasteiger charge is -2.24. The average molecular weight is 454 g/mol. The molecule has 0 aliphatic carbocycles. The third-order valence-corrected chi connectivity index (χ3v) is 7.18. The van der Waals surface area contributed by atoms with Crippen molar-refractivity contribution >= 4 is 49.5 Å². The van der Waals surface area contributed by atoms with Gasteiger partial charge in [0, 0.05) is 11.4 Å². The summed E-state index contributed by atoms with van der Waals surface area (Å²) in [5.41, 5.74) is 4.42. The van der Waals surface area contributed by atoms with Gasteiger partial charge in [-0.25, -0.2) is 19.3 Å². The smallest absolute Gasteiger partial charge is 0.410 e. The number of carbonyl (C=O) groups excluding carboxylic acids is 1. The predicted octanol–water partition coefficient (Wildman–Crippen LogP) is 5.32. The van der Waals surface area contributed by atoms with Gasteiger partial charge >= 0.3 is 6.09 Å². The standard InChI is InChI=1S/C22H23N5O2S2/c1-12-8-15(25-27-10-13(2)23-18(12)27)19-24-20-17(31-19)9-16(30-20)14-6-7-26(11-14)21(28)29-22(3,4)5/h6,8-10H,7,11H2,1-5H3. The van der Waals surface area contributed by atoms with Crippen molar-refractivity contribution in [2.24, 2.45) is 0 Å². The molecule has 5 heterocycles. The highest BCUT2D eigenvalue weighted by Gasteiger charge is 2.26. The average Bonchev–Trinajstić information content (AvgIpc) is 3.41. The van der Waals surface area contributed by atoms with Crippen LogP contribution in [0.25, 0.3) is 31.5 Å². The second-order valence-corrected chi connectivity index (χ2v) is 10.8. The van der Waals surface area contributed by atoms with Gasteiger partial charge in [0.25, 0.3) is 0 Å². The maximum absolute atomic E-state index is 12.3. The normalized spacial score (nSPS) is 14.6. The number of fused-ring (bicyclic) bond motifs is 2. The number of amides is 1. The monoisotopic (exact) mass is 453 g/mol. The Balaban J connectivity index is 1.38. The summed E-state index contributed by atoms with van der Waals surface area (Å²) in [6.07, 6.45) is 3.76. The number of hydrogen-bond acceptors (Lipinski definition) is 7. The summed E-state index contributed by atoms with van der Waals surface area (Å²) in [5.74, 6) is 0. The summed E-state index contributed by atoms with van der Waals surface area (Å²) in [7, 11) is 0. The fraction of sp³-hybridized carbons (Fsp3) is 0.364. The first-order valence-corrected chi connectivity index (χ1v) is 11.7. The van der Waals surface area contributed by atoms with E-state index in [0.717, 1.165) is 47.6 Å². The molecule has 5 rings (SSSR count). The first-order chi connectivity index (χ1) is 14.7. The number of hydrogen-bond donors (Lipinski definition) is 0. The van der Waals surface area contributed by atoms with Gasteiger partial charge < -0.3 is 9.64 Å². The highest BCUT2D eigenvalue weighted by molar-refractivity contribution is 7.29. The van der Waals surface area contributed by atoms with Gasteiger partial charge in [0.05, 0.1) is 23.1 Å². The Kier molecular flexibility index (Phi) is 4.63. The Labute approximate surface area is 188 Å². The van der Waals surface area contributed by atoms with Crippen LogP contribution in [0, 0.1) is 13.8 Å². The SMILES string of the molecule is Cc1cn2nc(-c3nc4sc(C5=CCN(C(=O)OC(C)(C)C)C5)cc4s3)cc(C)c2n1. The van der Waals surface area contributed by atoms with Crippen molar-refractivity contribution in [2.45, 2.75) is 40.2 Å². The van der Waals surface area contributed by atoms with Crippen molar-refractivity contribution in [1.82, 2.24) is 24.5 Å². The quantitative estimate of drug-likeness (QED) is 0.411. The van der Waals surface area contributed by atoms with Crippen molar-refractivity contribution in [1.29, 1.82) is 0 Å². The molecule has 4 aromatic rings. The Morgan fingerprint density at radius 3 is 2.71 bits per heavy atom. The molecule has 0 saturated carbocycles. The number of aryl methyl sites for hydroxylation is 2. The zero-order valence-electron chi connectivity index (χ0n) is 18.1. The fourth-order valence-electron chi connectivity index (χ4n) is 3.55. The molecule has 0 spiro atoms. The van der Waals surface area contributed by atoms with E-state index >= 15 is 0 Å². The molecule has 0 atom stereocenters. The summed E-state index contributed by atoms with van der Waals surface area (Å²) in [5, 5.41) is 5.60. The number of aromatic nitrogens is 4. The molecule has 0 bridgehead atoms. The van der Waals surface area contributed by atoms with E-state index in [0.29, 0.717) is 13.1 Å². The van der Waals surface area contributed by atoms with E-state index in [1.54, 1.807) is 27.6 Å². The molecule has 9 heteroatoms. The highest BCUT2D eigenvalue weighted by atomic mass is 32.1. The third kappa shape index (κ3) is 3.83. The Morgan fingerprint density at radius 2 is 1.97 bits per heavy atom. The Bertz CT molecular complexity index is 1320. The molecule has 1 amide bonds. The number of thiophene rings is 1. The number of carbonyl (C=O) groups is 1. The number of thiazole rings is 1. The molecule has 0 radical (unpaired) electrons. The van der Waals surface area contributed by atoms with Crippen LogP contribution in [0.15, 0.2) is 24.4 Å². The van der Waals surface area contributed by atoms with E-state index in [1.807, 2.05) is 51.4 Å². The fourth-order valence-corrected chi connectivity index (χ4v) is 5.75.